The molecule has 1 aromatic rings. The summed E-state index contributed by atoms with van der Waals surface area (Å²) in [7, 11) is 3.46. The van der Waals surface area contributed by atoms with Gasteiger partial charge < -0.3 is 10.2 Å². The van der Waals surface area contributed by atoms with Gasteiger partial charge in [0.2, 0.25) is 0 Å². The van der Waals surface area contributed by atoms with E-state index in [4.69, 9.17) is 11.6 Å². The second-order valence-corrected chi connectivity index (χ2v) is 5.28. The molecular weight excluding hydrogens is 256 g/mol. The molecule has 0 aliphatic heterocycles. The fraction of sp³-hybridized carbons (Fsp3) is 0.417. The lowest BCUT2D eigenvalue weighted by atomic mass is 10.2. The van der Waals surface area contributed by atoms with Crippen molar-refractivity contribution >= 4 is 29.4 Å². The van der Waals surface area contributed by atoms with Crippen LogP contribution in [-0.4, -0.2) is 37.3 Å². The molecule has 0 heterocycles. The SMILES string of the molecule is CN(C)C(=O)NCCSCc1ccccc1Cl. The van der Waals surface area contributed by atoms with Crippen molar-refractivity contribution in [2.45, 2.75) is 5.75 Å². The topological polar surface area (TPSA) is 32.3 Å². The van der Waals surface area contributed by atoms with Gasteiger partial charge in [-0.15, -0.1) is 0 Å². The van der Waals surface area contributed by atoms with Crippen LogP contribution in [0.4, 0.5) is 4.79 Å². The Morgan fingerprint density at radius 2 is 2.12 bits per heavy atom. The number of carbonyl (C=O) groups excluding carboxylic acids is 1. The van der Waals surface area contributed by atoms with E-state index in [-0.39, 0.29) is 6.03 Å². The van der Waals surface area contributed by atoms with Gasteiger partial charge in [-0.1, -0.05) is 29.8 Å². The molecule has 0 spiro atoms. The number of thioether (sulfide) groups is 1. The molecule has 1 rings (SSSR count). The minimum atomic E-state index is -0.0525. The number of nitrogens with one attached hydrogen (secondary N) is 1. The van der Waals surface area contributed by atoms with Gasteiger partial charge in [-0.2, -0.15) is 11.8 Å². The summed E-state index contributed by atoms with van der Waals surface area (Å²) in [5, 5.41) is 3.62. The van der Waals surface area contributed by atoms with Crippen molar-refractivity contribution in [1.29, 1.82) is 0 Å². The van der Waals surface area contributed by atoms with E-state index in [1.807, 2.05) is 24.3 Å². The highest BCUT2D eigenvalue weighted by Crippen LogP contribution is 2.20. The molecule has 17 heavy (non-hydrogen) atoms. The number of halogens is 1. The highest BCUT2D eigenvalue weighted by Gasteiger charge is 2.02. The first kappa shape index (κ1) is 14.2. The largest absolute Gasteiger partial charge is 0.337 e. The summed E-state index contributed by atoms with van der Waals surface area (Å²) in [6.45, 7) is 0.673. The lowest BCUT2D eigenvalue weighted by Gasteiger charge is -2.11. The van der Waals surface area contributed by atoms with Crippen molar-refractivity contribution < 1.29 is 4.79 Å². The van der Waals surface area contributed by atoms with Crippen LogP contribution < -0.4 is 5.32 Å². The summed E-state index contributed by atoms with van der Waals surface area (Å²) in [5.74, 6) is 1.75. The lowest BCUT2D eigenvalue weighted by Crippen LogP contribution is -2.35. The Balaban J connectivity index is 2.17. The van der Waals surface area contributed by atoms with Crippen molar-refractivity contribution in [1.82, 2.24) is 10.2 Å². The molecule has 0 atom stereocenters. The molecule has 0 radical (unpaired) electrons. The van der Waals surface area contributed by atoms with Crippen LogP contribution in [0.25, 0.3) is 0 Å². The van der Waals surface area contributed by atoms with Crippen LogP contribution >= 0.6 is 23.4 Å². The molecule has 1 aromatic carbocycles. The molecule has 2 amide bonds. The first-order valence-electron chi connectivity index (χ1n) is 5.37. The molecule has 0 unspecified atom stereocenters. The number of urea groups is 1. The van der Waals surface area contributed by atoms with E-state index in [9.17, 15) is 4.79 Å². The van der Waals surface area contributed by atoms with Crippen LogP contribution in [-0.2, 0) is 5.75 Å². The maximum Gasteiger partial charge on any atom is 0.316 e. The molecular formula is C12H17ClN2OS. The Labute approximate surface area is 112 Å². The Hall–Kier alpha value is -0.870. The number of hydrogen-bond donors (Lipinski definition) is 1. The van der Waals surface area contributed by atoms with Gasteiger partial charge in [0.25, 0.3) is 0 Å². The fourth-order valence-electron chi connectivity index (χ4n) is 1.19. The number of nitrogens with zero attached hydrogens (tertiary/aromatic N) is 1. The molecule has 0 bridgehead atoms. The third-order valence-corrected chi connectivity index (χ3v) is 3.52. The van der Waals surface area contributed by atoms with Crippen LogP contribution in [0, 0.1) is 0 Å². The highest BCUT2D eigenvalue weighted by atomic mass is 35.5. The third-order valence-electron chi connectivity index (χ3n) is 2.14. The van der Waals surface area contributed by atoms with E-state index < -0.39 is 0 Å². The average Bonchev–Trinajstić information content (AvgIpc) is 2.30. The van der Waals surface area contributed by atoms with E-state index in [2.05, 4.69) is 5.32 Å². The Kier molecular flexibility index (Phi) is 6.22. The average molecular weight is 273 g/mol. The molecule has 5 heteroatoms. The zero-order chi connectivity index (χ0) is 12.7. The van der Waals surface area contributed by atoms with Gasteiger partial charge in [-0.05, 0) is 11.6 Å². The van der Waals surface area contributed by atoms with Crippen LogP contribution in [0.3, 0.4) is 0 Å². The maximum absolute atomic E-state index is 11.2. The summed E-state index contributed by atoms with van der Waals surface area (Å²) in [6.07, 6.45) is 0. The molecule has 0 aliphatic carbocycles. The van der Waals surface area contributed by atoms with E-state index in [0.717, 1.165) is 22.1 Å². The number of benzene rings is 1. The number of rotatable bonds is 5. The molecule has 0 aromatic heterocycles. The van der Waals surface area contributed by atoms with Crippen LogP contribution in [0.15, 0.2) is 24.3 Å². The summed E-state index contributed by atoms with van der Waals surface area (Å²) in [5.41, 5.74) is 1.14. The molecule has 3 nitrogen and oxygen atoms in total. The quantitative estimate of drug-likeness (QED) is 0.836. The molecule has 94 valence electrons. The van der Waals surface area contributed by atoms with E-state index >= 15 is 0 Å². The van der Waals surface area contributed by atoms with Crippen LogP contribution in [0.5, 0.6) is 0 Å². The van der Waals surface area contributed by atoms with Gasteiger partial charge in [0.05, 0.1) is 0 Å². The van der Waals surface area contributed by atoms with Gasteiger partial charge in [0.15, 0.2) is 0 Å². The van der Waals surface area contributed by atoms with Crippen molar-refractivity contribution in [3.05, 3.63) is 34.9 Å². The first-order chi connectivity index (χ1) is 8.11. The highest BCUT2D eigenvalue weighted by molar-refractivity contribution is 7.98. The van der Waals surface area contributed by atoms with Crippen molar-refractivity contribution in [2.24, 2.45) is 0 Å². The fourth-order valence-corrected chi connectivity index (χ4v) is 2.33. The number of amides is 2. The summed E-state index contributed by atoms with van der Waals surface area (Å²) in [6, 6.07) is 7.77. The zero-order valence-corrected chi connectivity index (χ0v) is 11.6. The smallest absolute Gasteiger partial charge is 0.316 e. The van der Waals surface area contributed by atoms with Crippen molar-refractivity contribution in [3.8, 4) is 0 Å². The molecule has 0 aliphatic rings. The summed E-state index contributed by atoms with van der Waals surface area (Å²) in [4.78, 5) is 12.7. The van der Waals surface area contributed by atoms with E-state index in [0.29, 0.717) is 6.54 Å². The molecule has 0 saturated heterocycles. The van der Waals surface area contributed by atoms with E-state index in [1.54, 1.807) is 25.9 Å². The third kappa shape index (κ3) is 5.33. The Morgan fingerprint density at radius 3 is 2.76 bits per heavy atom. The van der Waals surface area contributed by atoms with Crippen molar-refractivity contribution in [2.75, 3.05) is 26.4 Å². The molecule has 0 fully saturated rings. The summed E-state index contributed by atoms with van der Waals surface area (Å²) < 4.78 is 0. The Morgan fingerprint density at radius 1 is 1.41 bits per heavy atom. The van der Waals surface area contributed by atoms with E-state index in [1.165, 1.54) is 4.90 Å². The van der Waals surface area contributed by atoms with Gasteiger partial charge in [-0.3, -0.25) is 0 Å². The minimum absolute atomic E-state index is 0.0525. The van der Waals surface area contributed by atoms with Crippen LogP contribution in [0.1, 0.15) is 5.56 Å². The maximum atomic E-state index is 11.2. The second kappa shape index (κ2) is 7.45. The normalized spacial score (nSPS) is 10.1. The predicted molar refractivity (Wildman–Crippen MR) is 74.7 cm³/mol. The lowest BCUT2D eigenvalue weighted by molar-refractivity contribution is 0.218. The second-order valence-electron chi connectivity index (χ2n) is 3.77. The van der Waals surface area contributed by atoms with Gasteiger partial charge in [0, 0.05) is 37.2 Å². The van der Waals surface area contributed by atoms with Crippen molar-refractivity contribution in [3.63, 3.8) is 0 Å². The van der Waals surface area contributed by atoms with Gasteiger partial charge in [-0.25, -0.2) is 4.79 Å². The zero-order valence-electron chi connectivity index (χ0n) is 10.1. The first-order valence-corrected chi connectivity index (χ1v) is 6.91. The molecule has 0 saturated carbocycles. The minimum Gasteiger partial charge on any atom is -0.337 e. The Bertz CT molecular complexity index is 371. The molecule has 1 N–H and O–H groups in total. The standard InChI is InChI=1S/C12H17ClN2OS/c1-15(2)12(16)14-7-8-17-9-10-5-3-4-6-11(10)13/h3-6H,7-9H2,1-2H3,(H,14,16). The van der Waals surface area contributed by atoms with Gasteiger partial charge in [0.1, 0.15) is 0 Å². The predicted octanol–water partition coefficient (Wildman–Crippen LogP) is 2.84. The monoisotopic (exact) mass is 272 g/mol. The number of hydrogen-bond acceptors (Lipinski definition) is 2. The van der Waals surface area contributed by atoms with Gasteiger partial charge >= 0.3 is 6.03 Å². The summed E-state index contributed by atoms with van der Waals surface area (Å²) >= 11 is 7.80. The van der Waals surface area contributed by atoms with Crippen LogP contribution in [0.2, 0.25) is 5.02 Å². The number of carbonyl (C=O) groups is 1.